The fourth-order valence-electron chi connectivity index (χ4n) is 5.73. The zero-order valence-corrected chi connectivity index (χ0v) is 23.2. The summed E-state index contributed by atoms with van der Waals surface area (Å²) >= 11 is 1.60. The van der Waals surface area contributed by atoms with E-state index in [4.69, 9.17) is 4.74 Å². The number of nitrogens with zero attached hydrogens (tertiary/aromatic N) is 5. The van der Waals surface area contributed by atoms with Crippen LogP contribution in [0.1, 0.15) is 25.0 Å². The molecule has 3 heterocycles. The van der Waals surface area contributed by atoms with E-state index in [-0.39, 0.29) is 23.9 Å². The van der Waals surface area contributed by atoms with Crippen LogP contribution in [-0.4, -0.2) is 82.1 Å². The van der Waals surface area contributed by atoms with Gasteiger partial charge in [-0.15, -0.1) is 17.9 Å². The third-order valence-corrected chi connectivity index (χ3v) is 8.44. The number of ether oxygens (including phenoxy) is 1. The van der Waals surface area contributed by atoms with Crippen LogP contribution in [0, 0.1) is 5.92 Å². The summed E-state index contributed by atoms with van der Waals surface area (Å²) in [6.07, 6.45) is 2.09. The molecule has 2 aliphatic heterocycles. The van der Waals surface area contributed by atoms with Crippen LogP contribution in [0.5, 0.6) is 5.75 Å². The topological polar surface area (TPSA) is 69.2 Å². The molecule has 0 saturated carbocycles. The number of para-hydroxylation sites is 1. The maximum atomic E-state index is 14.2. The second-order valence-corrected chi connectivity index (χ2v) is 11.2. The Balaban J connectivity index is 1.47. The molecule has 2 saturated heterocycles. The molecular weight excluding hydrogens is 498 g/mol. The fourth-order valence-corrected chi connectivity index (χ4v) is 6.46. The number of carbonyl (C=O) groups excluding carboxylic acids is 2. The summed E-state index contributed by atoms with van der Waals surface area (Å²) in [5.41, 5.74) is 4.84. The van der Waals surface area contributed by atoms with Crippen molar-refractivity contribution in [1.82, 2.24) is 24.8 Å². The monoisotopic (exact) mass is 533 g/mol. The SMILES string of the molecule is C=CCN1C(Cc2ccc(OC)cc2)C(=O)N2[C@@H](C(C)C)C(=O)N(Cc3cccc4scnc34)C[C@@H]2N1C. The largest absolute Gasteiger partial charge is 0.497 e. The molecule has 0 bridgehead atoms. The lowest BCUT2D eigenvalue weighted by Gasteiger charge is -2.57. The van der Waals surface area contributed by atoms with Gasteiger partial charge < -0.3 is 14.5 Å². The molecule has 0 aliphatic carbocycles. The highest BCUT2D eigenvalue weighted by atomic mass is 32.1. The highest BCUT2D eigenvalue weighted by Crippen LogP contribution is 2.33. The van der Waals surface area contributed by atoms with E-state index in [1.54, 1.807) is 18.4 Å². The maximum Gasteiger partial charge on any atom is 0.246 e. The molecule has 9 heteroatoms. The predicted octanol–water partition coefficient (Wildman–Crippen LogP) is 3.79. The number of aromatic nitrogens is 1. The number of hydrogen-bond acceptors (Lipinski definition) is 7. The number of benzene rings is 2. The van der Waals surface area contributed by atoms with Crippen LogP contribution in [0.4, 0.5) is 0 Å². The third kappa shape index (κ3) is 4.70. The molecule has 5 rings (SSSR count). The Kier molecular flexibility index (Phi) is 7.52. The zero-order valence-electron chi connectivity index (χ0n) is 22.4. The summed E-state index contributed by atoms with van der Waals surface area (Å²) in [5, 5.41) is 4.22. The normalized spacial score (nSPS) is 22.8. The standard InChI is InChI=1S/C29H35N5O3S/c1-6-14-33-23(15-20-10-12-22(37-5)13-11-20)28(35)34-25(31(33)4)17-32(29(36)27(34)19(2)3)16-21-8-7-9-24-26(21)30-18-38-24/h6-13,18-19,23,25,27H,1,14-17H2,2-5H3/t23?,25-,27+/m1/s1. The van der Waals surface area contributed by atoms with Crippen LogP contribution < -0.4 is 4.74 Å². The fraction of sp³-hybridized carbons (Fsp3) is 0.414. The van der Waals surface area contributed by atoms with Gasteiger partial charge in [-0.1, -0.05) is 44.2 Å². The second-order valence-electron chi connectivity index (χ2n) is 10.3. The molecule has 3 aromatic rings. The Bertz CT molecular complexity index is 1320. The van der Waals surface area contributed by atoms with Gasteiger partial charge in [0.2, 0.25) is 11.8 Å². The summed E-state index contributed by atoms with van der Waals surface area (Å²) in [7, 11) is 3.65. The first-order chi connectivity index (χ1) is 18.3. The molecule has 0 N–H and O–H groups in total. The van der Waals surface area contributed by atoms with E-state index in [1.165, 1.54) is 0 Å². The van der Waals surface area contributed by atoms with Gasteiger partial charge >= 0.3 is 0 Å². The Morgan fingerprint density at radius 2 is 1.92 bits per heavy atom. The molecular formula is C29H35N5O3S. The Hall–Kier alpha value is -3.27. The van der Waals surface area contributed by atoms with Gasteiger partial charge in [0.05, 0.1) is 29.4 Å². The molecule has 8 nitrogen and oxygen atoms in total. The minimum Gasteiger partial charge on any atom is -0.497 e. The van der Waals surface area contributed by atoms with Crippen LogP contribution in [0.2, 0.25) is 0 Å². The number of piperazine rings is 1. The van der Waals surface area contributed by atoms with Crippen molar-refractivity contribution in [1.29, 1.82) is 0 Å². The highest BCUT2D eigenvalue weighted by molar-refractivity contribution is 7.16. The van der Waals surface area contributed by atoms with E-state index in [1.807, 2.05) is 78.7 Å². The van der Waals surface area contributed by atoms with Gasteiger partial charge in [-0.3, -0.25) is 9.59 Å². The van der Waals surface area contributed by atoms with Crippen molar-refractivity contribution in [2.45, 2.75) is 45.1 Å². The van der Waals surface area contributed by atoms with E-state index >= 15 is 0 Å². The first-order valence-electron chi connectivity index (χ1n) is 13.0. The molecule has 1 unspecified atom stereocenters. The van der Waals surface area contributed by atoms with Crippen LogP contribution in [-0.2, 0) is 22.6 Å². The second kappa shape index (κ2) is 10.8. The average molecular weight is 534 g/mol. The number of methoxy groups -OCH3 is 1. The lowest BCUT2D eigenvalue weighted by Crippen LogP contribution is -2.77. The van der Waals surface area contributed by atoms with Gasteiger partial charge in [-0.25, -0.2) is 15.0 Å². The Labute approximate surface area is 228 Å². The first-order valence-corrected chi connectivity index (χ1v) is 13.9. The van der Waals surface area contributed by atoms with Crippen molar-refractivity contribution in [2.75, 3.05) is 27.2 Å². The van der Waals surface area contributed by atoms with Crippen molar-refractivity contribution in [3.8, 4) is 5.75 Å². The maximum absolute atomic E-state index is 14.2. The molecule has 3 atom stereocenters. The minimum atomic E-state index is -0.539. The lowest BCUT2D eigenvalue weighted by atomic mass is 9.93. The number of rotatable bonds is 8. The van der Waals surface area contributed by atoms with Crippen molar-refractivity contribution in [2.24, 2.45) is 5.92 Å². The van der Waals surface area contributed by atoms with Gasteiger partial charge in [0.25, 0.3) is 0 Å². The molecule has 2 fully saturated rings. The van der Waals surface area contributed by atoms with Gasteiger partial charge in [0, 0.05) is 20.1 Å². The molecule has 38 heavy (non-hydrogen) atoms. The van der Waals surface area contributed by atoms with Gasteiger partial charge in [0.1, 0.15) is 24.0 Å². The number of hydrazine groups is 1. The van der Waals surface area contributed by atoms with E-state index in [0.717, 1.165) is 27.1 Å². The lowest BCUT2D eigenvalue weighted by molar-refractivity contribution is -0.211. The molecule has 200 valence electrons. The summed E-state index contributed by atoms with van der Waals surface area (Å²) in [6.45, 7) is 9.41. The average Bonchev–Trinajstić information content (AvgIpc) is 3.40. The quantitative estimate of drug-likeness (QED) is 0.411. The van der Waals surface area contributed by atoms with Crippen molar-refractivity contribution >= 4 is 33.4 Å². The number of amides is 2. The summed E-state index contributed by atoms with van der Waals surface area (Å²) in [5.74, 6) is 0.719. The smallest absolute Gasteiger partial charge is 0.246 e. The van der Waals surface area contributed by atoms with E-state index in [2.05, 4.69) is 27.6 Å². The van der Waals surface area contributed by atoms with Crippen LogP contribution in [0.25, 0.3) is 10.2 Å². The molecule has 2 amide bonds. The summed E-state index contributed by atoms with van der Waals surface area (Å²) in [6, 6.07) is 12.9. The Morgan fingerprint density at radius 3 is 2.61 bits per heavy atom. The van der Waals surface area contributed by atoms with Gasteiger partial charge in [-0.05, 0) is 41.7 Å². The van der Waals surface area contributed by atoms with Crippen molar-refractivity contribution in [3.05, 3.63) is 71.8 Å². The summed E-state index contributed by atoms with van der Waals surface area (Å²) < 4.78 is 6.41. The van der Waals surface area contributed by atoms with Gasteiger partial charge in [-0.2, -0.15) is 0 Å². The molecule has 0 radical (unpaired) electrons. The van der Waals surface area contributed by atoms with Crippen molar-refractivity contribution in [3.63, 3.8) is 0 Å². The first kappa shape index (κ1) is 26.3. The van der Waals surface area contributed by atoms with E-state index in [9.17, 15) is 9.59 Å². The van der Waals surface area contributed by atoms with Gasteiger partial charge in [0.15, 0.2) is 0 Å². The molecule has 2 aromatic carbocycles. The molecule has 0 spiro atoms. The molecule has 2 aliphatic rings. The van der Waals surface area contributed by atoms with E-state index in [0.29, 0.717) is 26.1 Å². The van der Waals surface area contributed by atoms with E-state index < -0.39 is 12.1 Å². The predicted molar refractivity (Wildman–Crippen MR) is 149 cm³/mol. The highest BCUT2D eigenvalue weighted by Gasteiger charge is 2.52. The molecule has 1 aromatic heterocycles. The Morgan fingerprint density at radius 1 is 1.16 bits per heavy atom. The number of carbonyl (C=O) groups is 2. The zero-order chi connectivity index (χ0) is 27.0. The number of thiazole rings is 1. The minimum absolute atomic E-state index is 0.00870. The van der Waals surface area contributed by atoms with Crippen LogP contribution in [0.15, 0.2) is 60.6 Å². The summed E-state index contributed by atoms with van der Waals surface area (Å²) in [4.78, 5) is 36.4. The van der Waals surface area contributed by atoms with Crippen molar-refractivity contribution < 1.29 is 14.3 Å². The third-order valence-electron chi connectivity index (χ3n) is 7.65. The number of likely N-dealkylation sites (N-methyl/N-ethyl adjacent to an activating group) is 1. The number of fused-ring (bicyclic) bond motifs is 2. The number of hydrogen-bond donors (Lipinski definition) is 0. The van der Waals surface area contributed by atoms with Crippen LogP contribution >= 0.6 is 11.3 Å². The van der Waals surface area contributed by atoms with Crippen LogP contribution in [0.3, 0.4) is 0 Å².